The van der Waals surface area contributed by atoms with E-state index in [1.807, 2.05) is 4.90 Å². The molecule has 6 heterocycles. The first-order valence-electron chi connectivity index (χ1n) is 21.4. The molecule has 3 aromatic heterocycles. The summed E-state index contributed by atoms with van der Waals surface area (Å²) in [4.78, 5) is 65.2. The van der Waals surface area contributed by atoms with E-state index >= 15 is 8.78 Å². The van der Waals surface area contributed by atoms with Crippen molar-refractivity contribution in [2.75, 3.05) is 61.3 Å². The van der Waals surface area contributed by atoms with E-state index in [4.69, 9.17) is 4.42 Å². The van der Waals surface area contributed by atoms with Gasteiger partial charge in [-0.3, -0.25) is 34.1 Å². The highest BCUT2D eigenvalue weighted by atomic mass is 19.3. The predicted octanol–water partition coefficient (Wildman–Crippen LogP) is 5.90. The summed E-state index contributed by atoms with van der Waals surface area (Å²) in [5.74, 6) is -3.44. The summed E-state index contributed by atoms with van der Waals surface area (Å²) in [6.45, 7) is 4.07. The Morgan fingerprint density at radius 3 is 2.37 bits per heavy atom. The highest BCUT2D eigenvalue weighted by Crippen LogP contribution is 2.37. The summed E-state index contributed by atoms with van der Waals surface area (Å²) in [7, 11) is 0. The Bertz CT molecular complexity index is 2310. The van der Waals surface area contributed by atoms with Crippen LogP contribution in [0.1, 0.15) is 97.9 Å². The number of imide groups is 1. The number of alkyl halides is 2. The number of oxazole rings is 1. The van der Waals surface area contributed by atoms with Gasteiger partial charge in [-0.1, -0.05) is 0 Å². The molecule has 3 N–H and O–H groups in total. The molecule has 2 saturated carbocycles. The molecule has 3 saturated heterocycles. The van der Waals surface area contributed by atoms with Gasteiger partial charge in [0.15, 0.2) is 11.4 Å². The van der Waals surface area contributed by atoms with E-state index in [0.29, 0.717) is 81.5 Å². The van der Waals surface area contributed by atoms with Crippen molar-refractivity contribution in [3.63, 3.8) is 0 Å². The molecule has 3 aliphatic heterocycles. The molecule has 9 rings (SSSR count). The van der Waals surface area contributed by atoms with Crippen LogP contribution in [0.3, 0.4) is 0 Å². The summed E-state index contributed by atoms with van der Waals surface area (Å²) < 4.78 is 65.9. The summed E-state index contributed by atoms with van der Waals surface area (Å²) >= 11 is 0. The van der Waals surface area contributed by atoms with Crippen LogP contribution in [0.15, 0.2) is 47.3 Å². The van der Waals surface area contributed by atoms with Crippen LogP contribution in [0.2, 0.25) is 0 Å². The van der Waals surface area contributed by atoms with Crippen molar-refractivity contribution in [1.29, 1.82) is 0 Å². The van der Waals surface area contributed by atoms with Crippen LogP contribution in [-0.4, -0.2) is 105 Å². The van der Waals surface area contributed by atoms with Crippen LogP contribution >= 0.6 is 0 Å². The lowest BCUT2D eigenvalue weighted by Crippen LogP contribution is -2.53. The maximum atomic E-state index is 15.2. The van der Waals surface area contributed by atoms with E-state index in [-0.39, 0.29) is 59.6 Å². The number of rotatable bonds is 12. The number of benzene rings is 1. The monoisotopic (exact) mass is 860 g/mol. The van der Waals surface area contributed by atoms with Crippen LogP contribution < -0.4 is 20.9 Å². The fourth-order valence-electron chi connectivity index (χ4n) is 9.28. The van der Waals surface area contributed by atoms with Gasteiger partial charge in [0.1, 0.15) is 23.7 Å². The van der Waals surface area contributed by atoms with Crippen molar-refractivity contribution in [3.05, 3.63) is 71.5 Å². The Morgan fingerprint density at radius 1 is 0.919 bits per heavy atom. The van der Waals surface area contributed by atoms with Crippen molar-refractivity contribution >= 4 is 40.8 Å². The Hall–Kier alpha value is -5.85. The first-order chi connectivity index (χ1) is 30.0. The molecular weight excluding hydrogens is 813 g/mol. The number of nitrogens with zero attached hydrogens (tertiary/aromatic N) is 7. The zero-order valence-electron chi connectivity index (χ0n) is 34.0. The molecular formula is C43H48F4N10O5. The molecule has 5 fully saturated rings. The molecule has 0 unspecified atom stereocenters. The molecule has 2 aliphatic carbocycles. The van der Waals surface area contributed by atoms with Gasteiger partial charge < -0.3 is 24.9 Å². The Labute approximate surface area is 354 Å². The number of nitrogens with one attached hydrogen (secondary N) is 3. The maximum absolute atomic E-state index is 15.2. The summed E-state index contributed by atoms with van der Waals surface area (Å²) in [6, 6.07) is 6.02. The average molecular weight is 861 g/mol. The third-order valence-electron chi connectivity index (χ3n) is 13.0. The van der Waals surface area contributed by atoms with Crippen molar-refractivity contribution in [1.82, 2.24) is 34.9 Å². The molecule has 1 aromatic carbocycles. The second kappa shape index (κ2) is 17.5. The number of halogens is 4. The highest BCUT2D eigenvalue weighted by molar-refractivity contribution is 6.03. The third-order valence-corrected chi connectivity index (χ3v) is 13.0. The second-order valence-corrected chi connectivity index (χ2v) is 17.0. The summed E-state index contributed by atoms with van der Waals surface area (Å²) in [6.07, 6.45) is 7.36. The number of piperazine rings is 1. The number of carbonyl (C=O) groups is 4. The van der Waals surface area contributed by atoms with E-state index in [1.165, 1.54) is 42.1 Å². The quantitative estimate of drug-likeness (QED) is 0.115. The SMILES string of the molecule is O=C1CC[C@H](c2c(F)cc(N3CC[C@@H](C(=O)N4CCN(C5CCC(n6cc(NC(=O)c7coc(-c8ccnc(NCC9CC9)c8)n7)c(C(F)F)n6)CC5)CC4)C3)cc2F)C(=O)N1. The van der Waals surface area contributed by atoms with E-state index < -0.39 is 47.4 Å². The van der Waals surface area contributed by atoms with Gasteiger partial charge in [-0.15, -0.1) is 0 Å². The van der Waals surface area contributed by atoms with Gasteiger partial charge in [-0.2, -0.15) is 5.10 Å². The Morgan fingerprint density at radius 2 is 1.66 bits per heavy atom. The van der Waals surface area contributed by atoms with E-state index in [1.54, 1.807) is 23.2 Å². The lowest BCUT2D eigenvalue weighted by atomic mass is 9.89. The molecule has 4 amide bonds. The summed E-state index contributed by atoms with van der Waals surface area (Å²) in [5, 5.41) is 12.2. The molecule has 2 atom stereocenters. The number of aromatic nitrogens is 4. The topological polar surface area (TPSA) is 171 Å². The molecule has 0 radical (unpaired) electrons. The van der Waals surface area contributed by atoms with Crippen LogP contribution in [0, 0.1) is 23.5 Å². The molecule has 62 heavy (non-hydrogen) atoms. The lowest BCUT2D eigenvalue weighted by Gasteiger charge is -2.42. The maximum Gasteiger partial charge on any atom is 0.284 e. The molecule has 19 heteroatoms. The number of hydrogen-bond acceptors (Lipinski definition) is 11. The lowest BCUT2D eigenvalue weighted by molar-refractivity contribution is -0.137. The fourth-order valence-corrected chi connectivity index (χ4v) is 9.28. The largest absolute Gasteiger partial charge is 0.444 e. The van der Waals surface area contributed by atoms with E-state index in [2.05, 4.69) is 35.9 Å². The number of piperidine rings is 1. The van der Waals surface area contributed by atoms with Gasteiger partial charge in [0.2, 0.25) is 23.6 Å². The standard InChI is InChI=1S/C43H48F4N10O5/c44-31-18-29(19-32(45)37(31)30-7-8-36(58)52-40(30)59)56-12-10-26(21-56)43(61)55-15-13-54(14-16-55)27-3-5-28(6-4-27)57-22-33(38(53-57)39(46)47)50-41(60)34-23-62-42(51-34)25-9-11-48-35(17-25)49-20-24-1-2-24/h9,11,17-19,22-24,26-28,30,39H,1-8,10,12-16,20-21H2,(H,48,49)(H,50,60)(H,52,58,59)/t26-,27?,28?,30-/m1/s1. The van der Waals surface area contributed by atoms with Crippen molar-refractivity contribution in [2.24, 2.45) is 11.8 Å². The van der Waals surface area contributed by atoms with Gasteiger partial charge in [-0.05, 0) is 81.5 Å². The smallest absolute Gasteiger partial charge is 0.284 e. The minimum absolute atomic E-state index is 0.00738. The molecule has 0 bridgehead atoms. The second-order valence-electron chi connectivity index (χ2n) is 17.0. The summed E-state index contributed by atoms with van der Waals surface area (Å²) in [5.41, 5.74) is -0.0797. The molecule has 15 nitrogen and oxygen atoms in total. The minimum atomic E-state index is -2.91. The number of pyridine rings is 1. The number of hydrogen-bond donors (Lipinski definition) is 3. The van der Waals surface area contributed by atoms with Crippen molar-refractivity contribution in [2.45, 2.75) is 82.2 Å². The van der Waals surface area contributed by atoms with Gasteiger partial charge >= 0.3 is 0 Å². The zero-order chi connectivity index (χ0) is 43.1. The molecule has 4 aromatic rings. The Balaban J connectivity index is 0.747. The van der Waals surface area contributed by atoms with Crippen molar-refractivity contribution < 1.29 is 41.2 Å². The van der Waals surface area contributed by atoms with Gasteiger partial charge in [0.25, 0.3) is 12.3 Å². The third kappa shape index (κ3) is 8.89. The van der Waals surface area contributed by atoms with Gasteiger partial charge in [-0.25, -0.2) is 27.5 Å². The van der Waals surface area contributed by atoms with E-state index in [0.717, 1.165) is 19.4 Å². The Kier molecular flexibility index (Phi) is 11.7. The van der Waals surface area contributed by atoms with Crippen LogP contribution in [0.25, 0.3) is 11.5 Å². The van der Waals surface area contributed by atoms with Crippen LogP contribution in [0.4, 0.5) is 34.8 Å². The molecule has 0 spiro atoms. The zero-order valence-corrected chi connectivity index (χ0v) is 34.0. The minimum Gasteiger partial charge on any atom is -0.444 e. The molecule has 5 aliphatic rings. The van der Waals surface area contributed by atoms with Crippen molar-refractivity contribution in [3.8, 4) is 11.5 Å². The number of anilines is 3. The first kappa shape index (κ1) is 41.5. The van der Waals surface area contributed by atoms with Gasteiger partial charge in [0.05, 0.1) is 23.6 Å². The average Bonchev–Trinajstić information content (AvgIpc) is 3.59. The van der Waals surface area contributed by atoms with Crippen LogP contribution in [-0.2, 0) is 14.4 Å². The number of amides is 4. The van der Waals surface area contributed by atoms with Gasteiger partial charge in [0, 0.05) is 87.5 Å². The van der Waals surface area contributed by atoms with E-state index in [9.17, 15) is 28.0 Å². The first-order valence-corrected chi connectivity index (χ1v) is 21.4. The fraction of sp³-hybridized carbons (Fsp3) is 0.512. The highest BCUT2D eigenvalue weighted by Gasteiger charge is 2.37. The number of carbonyl (C=O) groups excluding carboxylic acids is 4. The predicted molar refractivity (Wildman–Crippen MR) is 217 cm³/mol. The normalized spacial score (nSPS) is 23.5. The van der Waals surface area contributed by atoms with Crippen LogP contribution in [0.5, 0.6) is 0 Å². The molecule has 328 valence electrons.